The molecule has 0 unspecified atom stereocenters. The summed E-state index contributed by atoms with van der Waals surface area (Å²) in [6.07, 6.45) is 9.36. The molecule has 0 aliphatic rings. The van der Waals surface area contributed by atoms with E-state index in [1.54, 1.807) is 0 Å². The molecule has 0 aromatic rings. The van der Waals surface area contributed by atoms with Crippen molar-refractivity contribution in [3.05, 3.63) is 10.8 Å². The normalized spacial score (nSPS) is 13.2. The van der Waals surface area contributed by atoms with E-state index in [-0.39, 0.29) is 11.9 Å². The molecule has 7 heteroatoms. The van der Waals surface area contributed by atoms with E-state index in [4.69, 9.17) is 8.85 Å². The van der Waals surface area contributed by atoms with Crippen LogP contribution in [-0.2, 0) is 18.4 Å². The quantitative estimate of drug-likeness (QED) is 0.201. The Bertz CT molecular complexity index is 439. The van der Waals surface area contributed by atoms with Gasteiger partial charge in [-0.25, -0.2) is 9.59 Å². The van der Waals surface area contributed by atoms with Crippen LogP contribution >= 0.6 is 0 Å². The predicted octanol–water partition coefficient (Wildman–Crippen LogP) is 3.51. The average molecular weight is 431 g/mol. The Morgan fingerprint density at radius 2 is 1.15 bits per heavy atom. The molecule has 0 saturated carbocycles. The van der Waals surface area contributed by atoms with Crippen LogP contribution in [0.1, 0.15) is 85.5 Å². The summed E-state index contributed by atoms with van der Waals surface area (Å²) in [5, 5.41) is 0.746. The number of unbranched alkanes of at least 4 members (excludes halogenated alkanes) is 4. The molecule has 0 spiro atoms. The molecule has 0 bridgehead atoms. The minimum absolute atomic E-state index is 0.182. The molecule has 0 amide bonds. The fraction of sp³-hybridized carbons (Fsp3) is 0.800. The summed E-state index contributed by atoms with van der Waals surface area (Å²) in [7, 11) is -2.43. The van der Waals surface area contributed by atoms with Crippen LogP contribution in [0.2, 0.25) is 18.1 Å². The van der Waals surface area contributed by atoms with Crippen LogP contribution in [0.15, 0.2) is 10.8 Å². The Hall–Kier alpha value is -0.669. The van der Waals surface area contributed by atoms with Crippen molar-refractivity contribution in [1.29, 1.82) is 0 Å². The van der Waals surface area contributed by atoms with Gasteiger partial charge in [-0.05, 0) is 24.9 Å². The fourth-order valence-electron chi connectivity index (χ4n) is 2.87. The van der Waals surface area contributed by atoms with Gasteiger partial charge in [0.05, 0.1) is 9.52 Å². The molecule has 0 aromatic carbocycles. The van der Waals surface area contributed by atoms with Crippen molar-refractivity contribution in [3.63, 3.8) is 0 Å². The van der Waals surface area contributed by atoms with Gasteiger partial charge >= 0.3 is 11.9 Å². The van der Waals surface area contributed by atoms with E-state index < -0.39 is 29.0 Å². The minimum Gasteiger partial charge on any atom is -0.522 e. The van der Waals surface area contributed by atoms with E-state index in [0.29, 0.717) is 12.0 Å². The summed E-state index contributed by atoms with van der Waals surface area (Å²) < 4.78 is 11.3. The molecule has 158 valence electrons. The van der Waals surface area contributed by atoms with Crippen molar-refractivity contribution >= 4 is 41.0 Å². The Labute approximate surface area is 174 Å². The third kappa shape index (κ3) is 13.2. The fourth-order valence-corrected chi connectivity index (χ4v) is 7.52. The van der Waals surface area contributed by atoms with Crippen LogP contribution in [0.25, 0.3) is 0 Å². The molecule has 4 nitrogen and oxygen atoms in total. The van der Waals surface area contributed by atoms with Gasteiger partial charge in [-0.1, -0.05) is 78.7 Å². The van der Waals surface area contributed by atoms with Gasteiger partial charge in [0.25, 0.3) is 0 Å². The lowest BCUT2D eigenvalue weighted by Gasteiger charge is -2.15. The number of carbonyl (C=O) groups excluding carboxylic acids is 2. The van der Waals surface area contributed by atoms with Crippen LogP contribution in [0.4, 0.5) is 0 Å². The minimum atomic E-state index is -0.828. The lowest BCUT2D eigenvalue weighted by molar-refractivity contribution is -0.133. The molecule has 0 heterocycles. The van der Waals surface area contributed by atoms with E-state index in [1.807, 2.05) is 0 Å². The Morgan fingerprint density at radius 1 is 0.667 bits per heavy atom. The second-order valence-corrected chi connectivity index (χ2v) is 11.9. The van der Waals surface area contributed by atoms with E-state index in [1.165, 1.54) is 0 Å². The van der Waals surface area contributed by atoms with E-state index >= 15 is 0 Å². The molecule has 27 heavy (non-hydrogen) atoms. The zero-order chi connectivity index (χ0) is 20.3. The van der Waals surface area contributed by atoms with Crippen molar-refractivity contribution in [2.24, 2.45) is 0 Å². The van der Waals surface area contributed by atoms with E-state index in [9.17, 15) is 9.59 Å². The van der Waals surface area contributed by atoms with Crippen LogP contribution in [0.5, 0.6) is 0 Å². The summed E-state index contributed by atoms with van der Waals surface area (Å²) in [5.74, 6) is -0.392. The van der Waals surface area contributed by atoms with E-state index in [0.717, 1.165) is 74.7 Å². The van der Waals surface area contributed by atoms with Crippen molar-refractivity contribution in [2.45, 2.75) is 104 Å². The van der Waals surface area contributed by atoms with Gasteiger partial charge in [-0.3, -0.25) is 0 Å². The Morgan fingerprint density at radius 3 is 1.67 bits per heavy atom. The van der Waals surface area contributed by atoms with Crippen LogP contribution in [0, 0.1) is 0 Å². The third-order valence-corrected chi connectivity index (χ3v) is 9.21. The summed E-state index contributed by atoms with van der Waals surface area (Å²) in [6.45, 7) is 8.58. The third-order valence-electron chi connectivity index (χ3n) is 4.63. The highest BCUT2D eigenvalue weighted by molar-refractivity contribution is 6.55. The maximum atomic E-state index is 12.8. The average Bonchev–Trinajstić information content (AvgIpc) is 2.67. The molecule has 0 radical (unpaired) electrons. The zero-order valence-electron chi connectivity index (χ0n) is 18.2. The van der Waals surface area contributed by atoms with Gasteiger partial charge in [-0.2, -0.15) is 0 Å². The van der Waals surface area contributed by atoms with Gasteiger partial charge in [0.2, 0.25) is 19.5 Å². The maximum Gasteiger partial charge on any atom is 0.320 e. The number of hydrogen-bond acceptors (Lipinski definition) is 4. The number of rotatable bonds is 17. The Balaban J connectivity index is 5.22. The van der Waals surface area contributed by atoms with Gasteiger partial charge in [0.15, 0.2) is 0 Å². The molecule has 0 aromatic heterocycles. The molecule has 0 saturated heterocycles. The van der Waals surface area contributed by atoms with Gasteiger partial charge in [0.1, 0.15) is 0 Å². The lowest BCUT2D eigenvalue weighted by atomic mass is 10.1. The van der Waals surface area contributed by atoms with Crippen LogP contribution < -0.4 is 0 Å². The molecule has 0 atom stereocenters. The van der Waals surface area contributed by atoms with Crippen molar-refractivity contribution in [3.8, 4) is 0 Å². The monoisotopic (exact) mass is 430 g/mol. The molecular weight excluding hydrogens is 388 g/mol. The SMILES string of the molecule is CCCC[SiH2]OC(=O)/C(CCCC)=C(\[SiH2]CCCC)C(=O)O[SiH2]CCCC. The maximum absolute atomic E-state index is 12.8. The smallest absolute Gasteiger partial charge is 0.320 e. The van der Waals surface area contributed by atoms with Crippen LogP contribution in [-0.4, -0.2) is 41.0 Å². The van der Waals surface area contributed by atoms with Crippen molar-refractivity contribution < 1.29 is 18.4 Å². The molecule has 0 aliphatic carbocycles. The zero-order valence-corrected chi connectivity index (χ0v) is 22.5. The second-order valence-electron chi connectivity index (χ2n) is 7.20. The van der Waals surface area contributed by atoms with Gasteiger partial charge < -0.3 is 8.85 Å². The first kappa shape index (κ1) is 26.3. The first-order valence-electron chi connectivity index (χ1n) is 11.2. The molecular formula is C20H42O4Si3. The summed E-state index contributed by atoms with van der Waals surface area (Å²) >= 11 is 0. The molecule has 0 rings (SSSR count). The van der Waals surface area contributed by atoms with Gasteiger partial charge in [-0.15, -0.1) is 0 Å². The van der Waals surface area contributed by atoms with Gasteiger partial charge in [0, 0.05) is 10.8 Å². The largest absolute Gasteiger partial charge is 0.522 e. The summed E-state index contributed by atoms with van der Waals surface area (Å²) in [5.41, 5.74) is 0.665. The Kier molecular flexibility index (Phi) is 18.2. The molecule has 0 aliphatic heterocycles. The van der Waals surface area contributed by atoms with E-state index in [2.05, 4.69) is 27.7 Å². The van der Waals surface area contributed by atoms with Crippen molar-refractivity contribution in [2.75, 3.05) is 0 Å². The van der Waals surface area contributed by atoms with Crippen LogP contribution in [0.3, 0.4) is 0 Å². The number of hydrogen-bond donors (Lipinski definition) is 0. The predicted molar refractivity (Wildman–Crippen MR) is 124 cm³/mol. The molecule has 0 fully saturated rings. The summed E-state index contributed by atoms with van der Waals surface area (Å²) in [6, 6.07) is 3.12. The highest BCUT2D eigenvalue weighted by Crippen LogP contribution is 2.18. The highest BCUT2D eigenvalue weighted by atomic mass is 28.2. The van der Waals surface area contributed by atoms with Crippen molar-refractivity contribution in [1.82, 2.24) is 0 Å². The first-order chi connectivity index (χ1) is 13.1. The highest BCUT2D eigenvalue weighted by Gasteiger charge is 2.22. The first-order valence-corrected chi connectivity index (χ1v) is 16.0. The summed E-state index contributed by atoms with van der Waals surface area (Å²) in [4.78, 5) is 25.5. The topological polar surface area (TPSA) is 52.6 Å². The number of carbonyl (C=O) groups is 2. The lowest BCUT2D eigenvalue weighted by Crippen LogP contribution is -2.22. The molecule has 0 N–H and O–H groups in total. The standard InChI is InChI=1S/C20H42O4Si3/c1-5-9-13-17(19(21)23-26-15-11-7-3)18(25-14-10-6-2)20(22)24-27-16-12-8-4/h5-16,25-27H2,1-4H3/b18-17-. The second kappa shape index (κ2) is 18.7.